The first-order chi connectivity index (χ1) is 27.1. The Bertz CT molecular complexity index is 2890. The number of para-hydroxylation sites is 1. The summed E-state index contributed by atoms with van der Waals surface area (Å²) in [6.07, 6.45) is 5.57. The van der Waals surface area contributed by atoms with Crippen LogP contribution in [0.5, 0.6) is 0 Å². The van der Waals surface area contributed by atoms with Crippen molar-refractivity contribution in [1.29, 1.82) is 0 Å². The predicted molar refractivity (Wildman–Crippen MR) is 232 cm³/mol. The summed E-state index contributed by atoms with van der Waals surface area (Å²) in [5.74, 6) is 0.304. The van der Waals surface area contributed by atoms with Crippen LogP contribution >= 0.6 is 0 Å². The Balaban J connectivity index is 0.971. The fourth-order valence-electron chi connectivity index (χ4n) is 8.22. The molecule has 2 nitrogen and oxygen atoms in total. The maximum Gasteiger partial charge on any atom is 0.137 e. The molecule has 0 spiro atoms. The fourth-order valence-corrected chi connectivity index (χ4v) is 8.22. The number of hydrogen-bond donors (Lipinski definition) is 0. The van der Waals surface area contributed by atoms with Crippen LogP contribution in [0.1, 0.15) is 18.9 Å². The van der Waals surface area contributed by atoms with Gasteiger partial charge in [-0.3, -0.25) is 0 Å². The van der Waals surface area contributed by atoms with Crippen LogP contribution in [0.15, 0.2) is 210 Å². The molecular weight excluding hydrogens is 667 g/mol. The zero-order chi connectivity index (χ0) is 36.7. The SMILES string of the molecule is CC1CC(c2ccccc2)=CC=C1N(c1ccc(-c2ccc(-c3cccc(-c4ccc5ccccc5c4)c3)cc2)cc1)c1ccc2c(c1)oc1ccccc12. The highest BCUT2D eigenvalue weighted by Crippen LogP contribution is 2.42. The van der Waals surface area contributed by atoms with Crippen LogP contribution in [0, 0.1) is 5.92 Å². The Morgan fingerprint density at radius 1 is 0.418 bits per heavy atom. The minimum atomic E-state index is 0.304. The second-order valence-corrected chi connectivity index (χ2v) is 14.6. The van der Waals surface area contributed by atoms with Gasteiger partial charge in [0, 0.05) is 39.8 Å². The quantitative estimate of drug-likeness (QED) is 0.164. The highest BCUT2D eigenvalue weighted by molar-refractivity contribution is 6.06. The molecule has 1 heterocycles. The third-order valence-corrected chi connectivity index (χ3v) is 11.1. The average molecular weight is 706 g/mol. The summed E-state index contributed by atoms with van der Waals surface area (Å²) in [6.45, 7) is 2.34. The highest BCUT2D eigenvalue weighted by Gasteiger charge is 2.24. The molecule has 0 bridgehead atoms. The summed E-state index contributed by atoms with van der Waals surface area (Å²) >= 11 is 0. The monoisotopic (exact) mass is 705 g/mol. The molecule has 1 aliphatic rings. The largest absolute Gasteiger partial charge is 0.456 e. The molecule has 262 valence electrons. The van der Waals surface area contributed by atoms with E-state index in [4.69, 9.17) is 4.42 Å². The molecule has 0 saturated heterocycles. The van der Waals surface area contributed by atoms with Crippen molar-refractivity contribution in [2.75, 3.05) is 4.90 Å². The van der Waals surface area contributed by atoms with Crippen molar-refractivity contribution < 1.29 is 4.42 Å². The summed E-state index contributed by atoms with van der Waals surface area (Å²) in [6, 6.07) is 67.7. The normalized spacial score (nSPS) is 14.2. The molecule has 9 aromatic rings. The van der Waals surface area contributed by atoms with E-state index in [1.54, 1.807) is 0 Å². The average Bonchev–Trinajstić information content (AvgIpc) is 3.63. The minimum absolute atomic E-state index is 0.304. The van der Waals surface area contributed by atoms with Crippen LogP contribution in [0.3, 0.4) is 0 Å². The standard InChI is InChI=1S/C53H39NO/c1-36-32-45(37-10-3-2-4-11-37)26-31-51(36)54(48-29-30-50-49-16-7-8-17-52(49)55-53(50)35-48)47-27-24-40(25-28-47)39-18-20-41(21-19-39)43-14-9-15-44(33-43)46-23-22-38-12-5-6-13-42(38)34-46/h2-31,33-36H,32H2,1H3. The first-order valence-electron chi connectivity index (χ1n) is 19.1. The van der Waals surface area contributed by atoms with E-state index in [9.17, 15) is 0 Å². The van der Waals surface area contributed by atoms with Gasteiger partial charge in [-0.05, 0) is 110 Å². The lowest BCUT2D eigenvalue weighted by molar-refractivity contribution is 0.667. The molecule has 8 aromatic carbocycles. The van der Waals surface area contributed by atoms with Crippen molar-refractivity contribution in [2.24, 2.45) is 5.92 Å². The topological polar surface area (TPSA) is 16.4 Å². The van der Waals surface area contributed by atoms with E-state index in [0.717, 1.165) is 39.7 Å². The van der Waals surface area contributed by atoms with E-state index in [1.807, 2.05) is 12.1 Å². The highest BCUT2D eigenvalue weighted by atomic mass is 16.3. The molecule has 1 aromatic heterocycles. The number of anilines is 2. The molecule has 0 fully saturated rings. The molecule has 1 aliphatic carbocycles. The third-order valence-electron chi connectivity index (χ3n) is 11.1. The molecule has 55 heavy (non-hydrogen) atoms. The van der Waals surface area contributed by atoms with Gasteiger partial charge in [0.2, 0.25) is 0 Å². The van der Waals surface area contributed by atoms with E-state index in [2.05, 4.69) is 200 Å². The van der Waals surface area contributed by atoms with E-state index in [1.165, 1.54) is 61.0 Å². The molecule has 0 saturated carbocycles. The van der Waals surface area contributed by atoms with Crippen molar-refractivity contribution in [3.05, 3.63) is 211 Å². The predicted octanol–water partition coefficient (Wildman–Crippen LogP) is 14.9. The number of nitrogens with zero attached hydrogens (tertiary/aromatic N) is 1. The van der Waals surface area contributed by atoms with E-state index < -0.39 is 0 Å². The van der Waals surface area contributed by atoms with Crippen molar-refractivity contribution in [2.45, 2.75) is 13.3 Å². The van der Waals surface area contributed by atoms with Crippen LogP contribution in [0.4, 0.5) is 11.4 Å². The second-order valence-electron chi connectivity index (χ2n) is 14.6. The van der Waals surface area contributed by atoms with Gasteiger partial charge in [-0.25, -0.2) is 0 Å². The fraction of sp³-hybridized carbons (Fsp3) is 0.0566. The summed E-state index contributed by atoms with van der Waals surface area (Å²) in [5, 5.41) is 4.80. The van der Waals surface area contributed by atoms with E-state index >= 15 is 0 Å². The number of rotatable bonds is 7. The molecule has 0 amide bonds. The number of hydrogen-bond acceptors (Lipinski definition) is 2. The van der Waals surface area contributed by atoms with Gasteiger partial charge in [0.15, 0.2) is 0 Å². The molecule has 0 N–H and O–H groups in total. The van der Waals surface area contributed by atoms with E-state index in [-0.39, 0.29) is 0 Å². The lowest BCUT2D eigenvalue weighted by Crippen LogP contribution is -2.23. The van der Waals surface area contributed by atoms with Gasteiger partial charge in [-0.15, -0.1) is 0 Å². The number of fused-ring (bicyclic) bond motifs is 4. The number of benzene rings is 8. The van der Waals surface area contributed by atoms with Crippen molar-refractivity contribution in [3.8, 4) is 33.4 Å². The molecule has 2 heteroatoms. The number of allylic oxidation sites excluding steroid dienone is 4. The molecule has 10 rings (SSSR count). The summed E-state index contributed by atoms with van der Waals surface area (Å²) in [7, 11) is 0. The minimum Gasteiger partial charge on any atom is -0.456 e. The molecule has 0 aliphatic heterocycles. The van der Waals surface area contributed by atoms with Crippen molar-refractivity contribution in [3.63, 3.8) is 0 Å². The van der Waals surface area contributed by atoms with Gasteiger partial charge in [0.25, 0.3) is 0 Å². The van der Waals surface area contributed by atoms with Gasteiger partial charge >= 0.3 is 0 Å². The van der Waals surface area contributed by atoms with Gasteiger partial charge in [-0.1, -0.05) is 153 Å². The Kier molecular flexibility index (Phi) is 8.22. The smallest absolute Gasteiger partial charge is 0.137 e. The second kappa shape index (κ2) is 13.8. The van der Waals surface area contributed by atoms with E-state index in [0.29, 0.717) is 5.92 Å². The lowest BCUT2D eigenvalue weighted by atomic mass is 9.87. The Labute approximate surface area is 321 Å². The molecular formula is C53H39NO. The molecule has 1 atom stereocenters. The third kappa shape index (κ3) is 6.22. The van der Waals surface area contributed by atoms with Gasteiger partial charge in [0.05, 0.1) is 0 Å². The number of furan rings is 1. The first-order valence-corrected chi connectivity index (χ1v) is 19.1. The summed E-state index contributed by atoms with van der Waals surface area (Å²) < 4.78 is 6.37. The van der Waals surface area contributed by atoms with Crippen LogP contribution in [-0.2, 0) is 0 Å². The zero-order valence-electron chi connectivity index (χ0n) is 30.7. The van der Waals surface area contributed by atoms with Gasteiger partial charge in [-0.2, -0.15) is 0 Å². The van der Waals surface area contributed by atoms with Crippen LogP contribution in [0.2, 0.25) is 0 Å². The maximum absolute atomic E-state index is 6.37. The van der Waals surface area contributed by atoms with Crippen LogP contribution in [-0.4, -0.2) is 0 Å². The van der Waals surface area contributed by atoms with Crippen molar-refractivity contribution >= 4 is 49.7 Å². The lowest BCUT2D eigenvalue weighted by Gasteiger charge is -2.34. The van der Waals surface area contributed by atoms with Crippen LogP contribution in [0.25, 0.3) is 71.7 Å². The first kappa shape index (κ1) is 32.7. The van der Waals surface area contributed by atoms with Crippen molar-refractivity contribution in [1.82, 2.24) is 0 Å². The molecule has 0 radical (unpaired) electrons. The van der Waals surface area contributed by atoms with Gasteiger partial charge in [0.1, 0.15) is 11.2 Å². The maximum atomic E-state index is 6.37. The Hall–Kier alpha value is -6.90. The van der Waals surface area contributed by atoms with Crippen LogP contribution < -0.4 is 4.90 Å². The Morgan fingerprint density at radius 3 is 1.78 bits per heavy atom. The Morgan fingerprint density at radius 2 is 1.00 bits per heavy atom. The molecule has 1 unspecified atom stereocenters. The van der Waals surface area contributed by atoms with Gasteiger partial charge < -0.3 is 9.32 Å². The zero-order valence-corrected chi connectivity index (χ0v) is 30.7. The summed E-state index contributed by atoms with van der Waals surface area (Å²) in [5.41, 5.74) is 15.2. The summed E-state index contributed by atoms with van der Waals surface area (Å²) in [4.78, 5) is 2.41.